The number of aliphatic carboxylic acids is 1. The number of nitrogens with one attached hydrogen (secondary N) is 4. The Kier molecular flexibility index (Phi) is 16.0. The highest BCUT2D eigenvalue weighted by Gasteiger charge is 2.22. The molecule has 0 radical (unpaired) electrons. The molecule has 0 fully saturated rings. The number of fused-ring (bicyclic) bond motifs is 1. The van der Waals surface area contributed by atoms with Gasteiger partial charge in [0, 0.05) is 37.3 Å². The zero-order valence-electron chi connectivity index (χ0n) is 29.9. The summed E-state index contributed by atoms with van der Waals surface area (Å²) in [5, 5.41) is 24.8. The number of hydrogen-bond donors (Lipinski definition) is 6. The van der Waals surface area contributed by atoms with Gasteiger partial charge < -0.3 is 32.1 Å². The monoisotopic (exact) mass is 711 g/mol. The lowest BCUT2D eigenvalue weighted by Crippen LogP contribution is -2.48. The number of thioether (sulfide) groups is 1. The lowest BCUT2D eigenvalue weighted by atomic mass is 10.0. The molecule has 2 amide bonds. The molecular formula is C41H53N5O4S. The molecule has 51 heavy (non-hydrogen) atoms. The van der Waals surface area contributed by atoms with Gasteiger partial charge >= 0.3 is 5.97 Å². The molecule has 7 N–H and O–H groups in total. The van der Waals surface area contributed by atoms with Gasteiger partial charge in [-0.2, -0.15) is 11.8 Å². The van der Waals surface area contributed by atoms with E-state index < -0.39 is 12.0 Å². The Hall–Kier alpha value is -4.22. The van der Waals surface area contributed by atoms with Crippen LogP contribution in [0.1, 0.15) is 53.7 Å². The fraction of sp³-hybridized carbons (Fsp3) is 0.390. The van der Waals surface area contributed by atoms with Crippen molar-refractivity contribution in [1.29, 1.82) is 0 Å². The van der Waals surface area contributed by atoms with Crippen LogP contribution in [0.15, 0.2) is 97.1 Å². The van der Waals surface area contributed by atoms with Crippen molar-refractivity contribution in [2.45, 2.75) is 70.2 Å². The van der Waals surface area contributed by atoms with E-state index in [-0.39, 0.29) is 35.9 Å². The summed E-state index contributed by atoms with van der Waals surface area (Å²) in [6, 6.07) is 30.1. The van der Waals surface area contributed by atoms with Crippen LogP contribution in [0.3, 0.4) is 0 Å². The van der Waals surface area contributed by atoms with Gasteiger partial charge in [0.15, 0.2) is 0 Å². The van der Waals surface area contributed by atoms with E-state index >= 15 is 0 Å². The van der Waals surface area contributed by atoms with E-state index in [4.69, 9.17) is 5.73 Å². The lowest BCUT2D eigenvalue weighted by molar-refractivity contribution is -0.140. The van der Waals surface area contributed by atoms with Gasteiger partial charge in [-0.25, -0.2) is 0 Å². The third-order valence-electron chi connectivity index (χ3n) is 8.82. The van der Waals surface area contributed by atoms with Crippen LogP contribution < -0.4 is 27.0 Å². The minimum atomic E-state index is -0.900. The first-order valence-corrected chi connectivity index (χ1v) is 19.1. The summed E-state index contributed by atoms with van der Waals surface area (Å²) in [7, 11) is 0. The molecule has 4 aromatic rings. The maximum Gasteiger partial charge on any atom is 0.320 e. The van der Waals surface area contributed by atoms with Gasteiger partial charge in [0.2, 0.25) is 5.91 Å². The summed E-state index contributed by atoms with van der Waals surface area (Å²) < 4.78 is 0. The van der Waals surface area contributed by atoms with Crippen LogP contribution in [0, 0.1) is 5.92 Å². The molecule has 0 saturated heterocycles. The van der Waals surface area contributed by atoms with Gasteiger partial charge in [0.1, 0.15) is 6.04 Å². The Morgan fingerprint density at radius 2 is 1.43 bits per heavy atom. The highest BCUT2D eigenvalue weighted by molar-refractivity contribution is 7.98. The van der Waals surface area contributed by atoms with Gasteiger partial charge in [-0.05, 0) is 83.2 Å². The quantitative estimate of drug-likeness (QED) is 0.0695. The SMILES string of the molecule is CSCC[C@H](NC[C@@H](N)Cc1ccc2ccccc2c1)C(=O)NCc1ccc(C(=O)N[C@H](CN[C@@H](CC(C)C)C(=O)O)Cc2ccccc2)cc1. The molecule has 0 aliphatic heterocycles. The largest absolute Gasteiger partial charge is 0.480 e. The van der Waals surface area contributed by atoms with E-state index in [1.807, 2.05) is 74.7 Å². The van der Waals surface area contributed by atoms with Crippen molar-refractivity contribution in [2.24, 2.45) is 11.7 Å². The fourth-order valence-corrected chi connectivity index (χ4v) is 6.52. The smallest absolute Gasteiger partial charge is 0.320 e. The number of carboxylic acids is 1. The van der Waals surface area contributed by atoms with E-state index in [1.54, 1.807) is 23.9 Å². The number of carboxylic acid groups (broad SMARTS) is 1. The molecule has 0 heterocycles. The van der Waals surface area contributed by atoms with E-state index in [1.165, 1.54) is 16.3 Å². The summed E-state index contributed by atoms with van der Waals surface area (Å²) >= 11 is 1.70. The van der Waals surface area contributed by atoms with Gasteiger partial charge in [-0.1, -0.05) is 98.8 Å². The molecule has 0 aliphatic rings. The van der Waals surface area contributed by atoms with E-state index in [0.29, 0.717) is 50.9 Å². The average molecular weight is 712 g/mol. The molecular weight excluding hydrogens is 659 g/mol. The number of benzene rings is 4. The molecule has 272 valence electrons. The third kappa shape index (κ3) is 13.4. The Morgan fingerprint density at radius 3 is 2.12 bits per heavy atom. The highest BCUT2D eigenvalue weighted by Crippen LogP contribution is 2.17. The molecule has 0 aliphatic carbocycles. The van der Waals surface area contributed by atoms with Gasteiger partial charge in [0.25, 0.3) is 5.91 Å². The average Bonchev–Trinajstić information content (AvgIpc) is 3.12. The molecule has 4 aromatic carbocycles. The number of rotatable bonds is 21. The molecule has 0 unspecified atom stereocenters. The first-order valence-electron chi connectivity index (χ1n) is 17.7. The second-order valence-electron chi connectivity index (χ2n) is 13.6. The Bertz CT molecular complexity index is 1680. The summed E-state index contributed by atoms with van der Waals surface area (Å²) in [4.78, 5) is 38.4. The van der Waals surface area contributed by atoms with Gasteiger partial charge in [0.05, 0.1) is 6.04 Å². The Labute approximate surface area is 306 Å². The van der Waals surface area contributed by atoms with Crippen molar-refractivity contribution < 1.29 is 19.5 Å². The number of carbonyl (C=O) groups is 3. The Balaban J connectivity index is 1.30. The molecule has 9 nitrogen and oxygen atoms in total. The standard InChI is InChI=1S/C41H53N5O4S/c1-28(2)21-38(41(49)50)44-27-36(24-29-9-5-4-6-10-29)46-39(47)33-17-13-30(14-18-33)25-45-40(48)37(19-20-51-3)43-26-35(42)23-31-15-16-32-11-7-8-12-34(32)22-31/h4-18,22,28,35-38,43-44H,19-21,23-27,42H2,1-3H3,(H,45,48)(H,46,47)(H,49,50)/t35-,36-,37-,38-/m0/s1. The molecule has 10 heteroatoms. The second-order valence-corrected chi connectivity index (χ2v) is 14.6. The first-order chi connectivity index (χ1) is 24.6. The molecule has 0 aromatic heterocycles. The minimum absolute atomic E-state index is 0.0860. The molecule has 0 bridgehead atoms. The number of amides is 2. The molecule has 4 rings (SSSR count). The summed E-state index contributed by atoms with van der Waals surface area (Å²) in [5.41, 5.74) is 10.1. The number of hydrogen-bond acceptors (Lipinski definition) is 7. The van der Waals surface area contributed by atoms with Crippen molar-refractivity contribution in [2.75, 3.05) is 25.1 Å². The zero-order valence-corrected chi connectivity index (χ0v) is 30.8. The maximum atomic E-state index is 13.3. The lowest BCUT2D eigenvalue weighted by Gasteiger charge is -2.23. The highest BCUT2D eigenvalue weighted by atomic mass is 32.2. The molecule has 0 saturated carbocycles. The van der Waals surface area contributed by atoms with Gasteiger partial charge in [-0.3, -0.25) is 14.4 Å². The molecule has 0 spiro atoms. The molecule has 4 atom stereocenters. The first kappa shape index (κ1) is 39.6. The van der Waals surface area contributed by atoms with Crippen LogP contribution in [0.25, 0.3) is 10.8 Å². The van der Waals surface area contributed by atoms with Crippen molar-refractivity contribution in [1.82, 2.24) is 21.3 Å². The van der Waals surface area contributed by atoms with Crippen LogP contribution >= 0.6 is 11.8 Å². The number of carbonyl (C=O) groups excluding carboxylic acids is 2. The topological polar surface area (TPSA) is 146 Å². The zero-order chi connectivity index (χ0) is 36.6. The predicted molar refractivity (Wildman–Crippen MR) is 209 cm³/mol. The van der Waals surface area contributed by atoms with Crippen LogP contribution in [-0.2, 0) is 29.0 Å². The van der Waals surface area contributed by atoms with E-state index in [0.717, 1.165) is 16.9 Å². The number of nitrogens with two attached hydrogens (primary N) is 1. The fourth-order valence-electron chi connectivity index (χ4n) is 6.05. The maximum absolute atomic E-state index is 13.3. The normalized spacial score (nSPS) is 13.7. The second kappa shape index (κ2) is 20.6. The van der Waals surface area contributed by atoms with Crippen LogP contribution in [0.2, 0.25) is 0 Å². The summed E-state index contributed by atoms with van der Waals surface area (Å²) in [6.07, 6.45) is 4.46. The van der Waals surface area contributed by atoms with Crippen molar-refractivity contribution in [3.63, 3.8) is 0 Å². The third-order valence-corrected chi connectivity index (χ3v) is 9.47. The summed E-state index contributed by atoms with van der Waals surface area (Å²) in [5.74, 6) is -0.179. The van der Waals surface area contributed by atoms with Crippen LogP contribution in [0.5, 0.6) is 0 Å². The van der Waals surface area contributed by atoms with Crippen LogP contribution in [-0.4, -0.2) is 72.2 Å². The minimum Gasteiger partial charge on any atom is -0.480 e. The van der Waals surface area contributed by atoms with Crippen molar-refractivity contribution in [3.8, 4) is 0 Å². The van der Waals surface area contributed by atoms with Crippen LogP contribution in [0.4, 0.5) is 0 Å². The summed E-state index contributed by atoms with van der Waals surface area (Å²) in [6.45, 7) is 5.13. The van der Waals surface area contributed by atoms with Crippen molar-refractivity contribution in [3.05, 3.63) is 119 Å². The predicted octanol–water partition coefficient (Wildman–Crippen LogP) is 5.17. The van der Waals surface area contributed by atoms with Crippen molar-refractivity contribution >= 4 is 40.3 Å². The Morgan fingerprint density at radius 1 is 0.765 bits per heavy atom. The van der Waals surface area contributed by atoms with E-state index in [2.05, 4.69) is 51.6 Å². The van der Waals surface area contributed by atoms with E-state index in [9.17, 15) is 19.5 Å². The van der Waals surface area contributed by atoms with Gasteiger partial charge in [-0.15, -0.1) is 0 Å².